The lowest BCUT2D eigenvalue weighted by molar-refractivity contribution is -0.125. The zero-order valence-corrected chi connectivity index (χ0v) is 13.0. The first-order valence-electron chi connectivity index (χ1n) is 7.26. The molecule has 2 N–H and O–H groups in total. The van der Waals surface area contributed by atoms with Crippen LogP contribution in [0.4, 0.5) is 5.69 Å². The van der Waals surface area contributed by atoms with Crippen molar-refractivity contribution < 1.29 is 4.79 Å². The summed E-state index contributed by atoms with van der Waals surface area (Å²) in [5.74, 6) is 0.0575. The van der Waals surface area contributed by atoms with Gasteiger partial charge in [-0.3, -0.25) is 4.79 Å². The molecule has 0 atom stereocenters. The van der Waals surface area contributed by atoms with Crippen LogP contribution in [0.15, 0.2) is 24.3 Å². The Morgan fingerprint density at radius 3 is 2.60 bits per heavy atom. The van der Waals surface area contributed by atoms with Crippen molar-refractivity contribution in [1.82, 2.24) is 0 Å². The van der Waals surface area contributed by atoms with Crippen LogP contribution in [0.5, 0.6) is 0 Å². The Morgan fingerprint density at radius 2 is 2.00 bits per heavy atom. The maximum atomic E-state index is 13.0. The second-order valence-electron chi connectivity index (χ2n) is 5.34. The number of benzene rings is 1. The van der Waals surface area contributed by atoms with Crippen molar-refractivity contribution >= 4 is 28.8 Å². The molecule has 3 nitrogen and oxygen atoms in total. The molecule has 0 spiro atoms. The first kappa shape index (κ1) is 15.0. The van der Waals surface area contributed by atoms with E-state index in [-0.39, 0.29) is 5.91 Å². The molecule has 1 aromatic carbocycles. The summed E-state index contributed by atoms with van der Waals surface area (Å²) in [6.45, 7) is 4.72. The Bertz CT molecular complexity index is 523. The van der Waals surface area contributed by atoms with Crippen LogP contribution in [0, 0.1) is 5.41 Å². The molecule has 0 fully saturated rings. The second kappa shape index (κ2) is 5.92. The monoisotopic (exact) mass is 290 g/mol. The fourth-order valence-electron chi connectivity index (χ4n) is 3.01. The van der Waals surface area contributed by atoms with Gasteiger partial charge in [0.2, 0.25) is 5.91 Å². The highest BCUT2D eigenvalue weighted by molar-refractivity contribution is 7.80. The Hall–Kier alpha value is -1.42. The fraction of sp³-hybridized carbons (Fsp3) is 0.500. The molecule has 1 aliphatic heterocycles. The van der Waals surface area contributed by atoms with Gasteiger partial charge in [-0.1, -0.05) is 44.3 Å². The third-order valence-electron chi connectivity index (χ3n) is 4.44. The van der Waals surface area contributed by atoms with E-state index in [9.17, 15) is 4.79 Å². The van der Waals surface area contributed by atoms with E-state index in [1.54, 1.807) is 0 Å². The van der Waals surface area contributed by atoms with Crippen molar-refractivity contribution in [3.63, 3.8) is 0 Å². The highest BCUT2D eigenvalue weighted by atomic mass is 32.1. The van der Waals surface area contributed by atoms with Crippen LogP contribution in [-0.4, -0.2) is 17.4 Å². The number of para-hydroxylation sites is 1. The fourth-order valence-corrected chi connectivity index (χ4v) is 3.39. The average molecular weight is 290 g/mol. The molecule has 0 radical (unpaired) electrons. The standard InChI is InChI=1S/C16H22N2OS/c1-3-16(4-2,14(17)20)15(19)18-11-7-9-12-8-5-6-10-13(12)18/h5-6,8,10H,3-4,7,9,11H2,1-2H3,(H2,17,20). The molecule has 1 aromatic rings. The lowest BCUT2D eigenvalue weighted by atomic mass is 9.80. The summed E-state index contributed by atoms with van der Waals surface area (Å²) in [4.78, 5) is 15.2. The zero-order valence-electron chi connectivity index (χ0n) is 12.2. The van der Waals surface area contributed by atoms with Crippen LogP contribution in [0.3, 0.4) is 0 Å². The molecule has 2 rings (SSSR count). The summed E-state index contributed by atoms with van der Waals surface area (Å²) in [6, 6.07) is 8.11. The molecule has 108 valence electrons. The Labute approximate surface area is 126 Å². The maximum absolute atomic E-state index is 13.0. The number of aryl methyl sites for hydroxylation is 1. The number of nitrogens with two attached hydrogens (primary N) is 1. The van der Waals surface area contributed by atoms with Gasteiger partial charge in [-0.05, 0) is 37.3 Å². The van der Waals surface area contributed by atoms with Crippen molar-refractivity contribution in [2.75, 3.05) is 11.4 Å². The molecule has 0 unspecified atom stereocenters. The number of hydrogen-bond donors (Lipinski definition) is 1. The van der Waals surface area contributed by atoms with Gasteiger partial charge in [-0.25, -0.2) is 0 Å². The van der Waals surface area contributed by atoms with E-state index in [1.165, 1.54) is 5.56 Å². The molecule has 0 bridgehead atoms. The molecule has 0 saturated heterocycles. The summed E-state index contributed by atoms with van der Waals surface area (Å²) < 4.78 is 0. The Kier molecular flexibility index (Phi) is 4.43. The molecule has 20 heavy (non-hydrogen) atoms. The summed E-state index contributed by atoms with van der Waals surface area (Å²) in [5.41, 5.74) is 7.45. The number of hydrogen-bond acceptors (Lipinski definition) is 2. The van der Waals surface area contributed by atoms with Gasteiger partial charge in [0.1, 0.15) is 0 Å². The average Bonchev–Trinajstić information content (AvgIpc) is 2.48. The van der Waals surface area contributed by atoms with Gasteiger partial charge in [0.05, 0.1) is 10.4 Å². The van der Waals surface area contributed by atoms with E-state index in [1.807, 2.05) is 36.9 Å². The van der Waals surface area contributed by atoms with Crippen molar-refractivity contribution in [3.8, 4) is 0 Å². The highest BCUT2D eigenvalue weighted by Gasteiger charge is 2.42. The van der Waals surface area contributed by atoms with Crippen molar-refractivity contribution in [2.45, 2.75) is 39.5 Å². The molecule has 4 heteroatoms. The third-order valence-corrected chi connectivity index (χ3v) is 4.83. The topological polar surface area (TPSA) is 46.3 Å². The molecule has 0 aromatic heterocycles. The van der Waals surface area contributed by atoms with Gasteiger partial charge in [-0.2, -0.15) is 0 Å². The van der Waals surface area contributed by atoms with Crippen molar-refractivity contribution in [2.24, 2.45) is 11.1 Å². The van der Waals surface area contributed by atoms with Crippen LogP contribution < -0.4 is 10.6 Å². The lowest BCUT2D eigenvalue weighted by Gasteiger charge is -2.38. The normalized spacial score (nSPS) is 14.8. The number of rotatable bonds is 4. The minimum atomic E-state index is -0.709. The first-order chi connectivity index (χ1) is 9.56. The summed E-state index contributed by atoms with van der Waals surface area (Å²) in [7, 11) is 0. The Morgan fingerprint density at radius 1 is 1.35 bits per heavy atom. The van der Waals surface area contributed by atoms with Gasteiger partial charge in [0.15, 0.2) is 0 Å². The number of thiocarbonyl (C=S) groups is 1. The molecule has 1 aliphatic rings. The van der Waals surface area contributed by atoms with Crippen LogP contribution in [-0.2, 0) is 11.2 Å². The number of amides is 1. The van der Waals surface area contributed by atoms with E-state index >= 15 is 0 Å². The maximum Gasteiger partial charge on any atom is 0.240 e. The van der Waals surface area contributed by atoms with Crippen molar-refractivity contribution in [1.29, 1.82) is 0 Å². The summed E-state index contributed by atoms with van der Waals surface area (Å²) in [5, 5.41) is 0. The largest absolute Gasteiger partial charge is 0.392 e. The minimum absolute atomic E-state index is 0.0575. The molecule has 0 aliphatic carbocycles. The smallest absolute Gasteiger partial charge is 0.240 e. The third kappa shape index (κ3) is 2.33. The highest BCUT2D eigenvalue weighted by Crippen LogP contribution is 2.35. The van der Waals surface area contributed by atoms with Gasteiger partial charge in [-0.15, -0.1) is 0 Å². The van der Waals surface area contributed by atoms with Gasteiger partial charge >= 0.3 is 0 Å². The summed E-state index contributed by atoms with van der Waals surface area (Å²) >= 11 is 5.20. The first-order valence-corrected chi connectivity index (χ1v) is 7.67. The number of anilines is 1. The molecular weight excluding hydrogens is 268 g/mol. The zero-order chi connectivity index (χ0) is 14.8. The number of carbonyl (C=O) groups excluding carboxylic acids is 1. The van der Waals surface area contributed by atoms with Gasteiger partial charge < -0.3 is 10.6 Å². The molecule has 1 heterocycles. The number of nitrogens with zero attached hydrogens (tertiary/aromatic N) is 1. The minimum Gasteiger partial charge on any atom is -0.392 e. The quantitative estimate of drug-likeness (QED) is 0.867. The number of fused-ring (bicyclic) bond motifs is 1. The van der Waals surface area contributed by atoms with E-state index in [4.69, 9.17) is 18.0 Å². The van der Waals surface area contributed by atoms with Crippen LogP contribution in [0.1, 0.15) is 38.7 Å². The predicted molar refractivity (Wildman–Crippen MR) is 86.9 cm³/mol. The van der Waals surface area contributed by atoms with Crippen molar-refractivity contribution in [3.05, 3.63) is 29.8 Å². The molecule has 1 amide bonds. The van der Waals surface area contributed by atoms with E-state index in [2.05, 4.69) is 6.07 Å². The van der Waals surface area contributed by atoms with E-state index < -0.39 is 5.41 Å². The molecular formula is C16H22N2OS. The SMILES string of the molecule is CCC(CC)(C(=O)N1CCCc2ccccc21)C(N)=S. The van der Waals surface area contributed by atoms with Gasteiger partial charge in [0.25, 0.3) is 0 Å². The Balaban J connectivity index is 2.42. The van der Waals surface area contributed by atoms with E-state index in [0.717, 1.165) is 25.1 Å². The van der Waals surface area contributed by atoms with Crippen LogP contribution in [0.2, 0.25) is 0 Å². The predicted octanol–water partition coefficient (Wildman–Crippen LogP) is 3.06. The summed E-state index contributed by atoms with van der Waals surface area (Å²) in [6.07, 6.45) is 3.31. The molecule has 0 saturated carbocycles. The van der Waals surface area contributed by atoms with E-state index in [0.29, 0.717) is 17.8 Å². The van der Waals surface area contributed by atoms with Crippen LogP contribution in [0.25, 0.3) is 0 Å². The lowest BCUT2D eigenvalue weighted by Crippen LogP contribution is -2.51. The number of carbonyl (C=O) groups is 1. The second-order valence-corrected chi connectivity index (χ2v) is 5.78. The van der Waals surface area contributed by atoms with Gasteiger partial charge in [0, 0.05) is 12.2 Å². The van der Waals surface area contributed by atoms with Crippen LogP contribution >= 0.6 is 12.2 Å².